The van der Waals surface area contributed by atoms with Gasteiger partial charge in [0, 0.05) is 18.0 Å². The van der Waals surface area contributed by atoms with Gasteiger partial charge in [-0.2, -0.15) is 5.10 Å². The maximum atomic E-state index is 6.01. The smallest absolute Gasteiger partial charge is 0.0965 e. The molecule has 19 heavy (non-hydrogen) atoms. The predicted molar refractivity (Wildman–Crippen MR) is 81.9 cm³/mol. The summed E-state index contributed by atoms with van der Waals surface area (Å²) in [6, 6.07) is 5.20. The average molecular weight is 335 g/mol. The number of aromatic nitrogens is 1. The van der Waals surface area contributed by atoms with Crippen molar-refractivity contribution in [3.63, 3.8) is 0 Å². The van der Waals surface area contributed by atoms with E-state index in [2.05, 4.69) is 15.5 Å². The molecule has 98 valence electrons. The monoisotopic (exact) mass is 333 g/mol. The van der Waals surface area contributed by atoms with Gasteiger partial charge >= 0.3 is 0 Å². The van der Waals surface area contributed by atoms with E-state index >= 15 is 0 Å². The van der Waals surface area contributed by atoms with Crippen molar-refractivity contribution >= 4 is 58.3 Å². The Morgan fingerprint density at radius 2 is 1.53 bits per heavy atom. The van der Waals surface area contributed by atoms with Gasteiger partial charge in [-0.15, -0.1) is 0 Å². The zero-order chi connectivity index (χ0) is 13.8. The number of pyridine rings is 1. The van der Waals surface area contributed by atoms with Gasteiger partial charge in [0.2, 0.25) is 0 Å². The SMILES string of the molecule is Clc1cccc(Cl)c1C=NNc1c(Cl)cncc1Cl. The molecule has 0 atom stereocenters. The number of hydrazone groups is 1. The molecule has 0 aliphatic rings. The fourth-order valence-electron chi connectivity index (χ4n) is 1.31. The number of hydrogen-bond acceptors (Lipinski definition) is 3. The Kier molecular flexibility index (Phi) is 4.88. The maximum Gasteiger partial charge on any atom is 0.0965 e. The van der Waals surface area contributed by atoms with E-state index in [1.54, 1.807) is 18.2 Å². The van der Waals surface area contributed by atoms with Crippen LogP contribution < -0.4 is 5.43 Å². The number of anilines is 1. The van der Waals surface area contributed by atoms with Crippen molar-refractivity contribution in [3.05, 3.63) is 56.2 Å². The van der Waals surface area contributed by atoms with Crippen LogP contribution in [0.3, 0.4) is 0 Å². The molecule has 0 bridgehead atoms. The van der Waals surface area contributed by atoms with Crippen LogP contribution in [-0.2, 0) is 0 Å². The van der Waals surface area contributed by atoms with Crippen molar-refractivity contribution in [1.29, 1.82) is 0 Å². The van der Waals surface area contributed by atoms with E-state index in [0.717, 1.165) is 0 Å². The van der Waals surface area contributed by atoms with Gasteiger partial charge in [0.05, 0.1) is 32.0 Å². The average Bonchev–Trinajstić information content (AvgIpc) is 2.36. The molecule has 2 rings (SSSR count). The highest BCUT2D eigenvalue weighted by molar-refractivity contribution is 6.39. The molecule has 0 amide bonds. The summed E-state index contributed by atoms with van der Waals surface area (Å²) in [5.74, 6) is 0. The molecule has 0 aliphatic carbocycles. The summed E-state index contributed by atoms with van der Waals surface area (Å²) >= 11 is 23.9. The zero-order valence-corrected chi connectivity index (χ0v) is 12.4. The van der Waals surface area contributed by atoms with Gasteiger partial charge in [-0.05, 0) is 12.1 Å². The van der Waals surface area contributed by atoms with E-state index in [-0.39, 0.29) is 0 Å². The molecular weight excluding hydrogens is 328 g/mol. The Morgan fingerprint density at radius 3 is 2.11 bits per heavy atom. The van der Waals surface area contributed by atoms with E-state index in [9.17, 15) is 0 Å². The third-order valence-corrected chi connectivity index (χ3v) is 3.46. The quantitative estimate of drug-likeness (QED) is 0.623. The van der Waals surface area contributed by atoms with Crippen LogP contribution in [0.2, 0.25) is 20.1 Å². The number of hydrogen-bond donors (Lipinski definition) is 1. The second kappa shape index (κ2) is 6.44. The normalized spacial score (nSPS) is 10.9. The van der Waals surface area contributed by atoms with Crippen molar-refractivity contribution in [2.45, 2.75) is 0 Å². The topological polar surface area (TPSA) is 37.3 Å². The second-order valence-electron chi connectivity index (χ2n) is 3.48. The standard InChI is InChI=1S/C12H7Cl4N3/c13-8-2-1-3-9(14)7(8)4-18-19-12-10(15)5-17-6-11(12)16/h1-6H,(H,17,19). The molecule has 2 aromatic rings. The third kappa shape index (κ3) is 3.51. The van der Waals surface area contributed by atoms with E-state index in [1.807, 2.05) is 0 Å². The summed E-state index contributed by atoms with van der Waals surface area (Å²) < 4.78 is 0. The van der Waals surface area contributed by atoms with Gasteiger partial charge in [-0.3, -0.25) is 10.4 Å². The molecule has 1 N–H and O–H groups in total. The molecule has 3 nitrogen and oxygen atoms in total. The van der Waals surface area contributed by atoms with Crippen LogP contribution in [0.1, 0.15) is 5.56 Å². The van der Waals surface area contributed by atoms with Crippen LogP contribution in [0.4, 0.5) is 5.69 Å². The number of benzene rings is 1. The minimum absolute atomic E-state index is 0.370. The summed E-state index contributed by atoms with van der Waals surface area (Å²) in [5, 5.41) is 5.76. The minimum Gasteiger partial charge on any atom is -0.275 e. The third-order valence-electron chi connectivity index (χ3n) is 2.22. The van der Waals surface area contributed by atoms with Crippen molar-refractivity contribution in [1.82, 2.24) is 4.98 Å². The fourth-order valence-corrected chi connectivity index (χ4v) is 2.26. The summed E-state index contributed by atoms with van der Waals surface area (Å²) in [6.45, 7) is 0. The van der Waals surface area contributed by atoms with Crippen LogP contribution in [0, 0.1) is 0 Å². The first-order valence-electron chi connectivity index (χ1n) is 5.11. The molecule has 7 heteroatoms. The highest BCUT2D eigenvalue weighted by atomic mass is 35.5. The van der Waals surface area contributed by atoms with Crippen LogP contribution in [0.15, 0.2) is 35.7 Å². The molecule has 0 saturated carbocycles. The first-order chi connectivity index (χ1) is 9.09. The lowest BCUT2D eigenvalue weighted by Crippen LogP contribution is -1.94. The second-order valence-corrected chi connectivity index (χ2v) is 5.11. The lowest BCUT2D eigenvalue weighted by atomic mass is 10.2. The Balaban J connectivity index is 2.21. The van der Waals surface area contributed by atoms with Crippen LogP contribution in [0.5, 0.6) is 0 Å². The van der Waals surface area contributed by atoms with Crippen LogP contribution in [-0.4, -0.2) is 11.2 Å². The first kappa shape index (κ1) is 14.4. The number of rotatable bonds is 3. The van der Waals surface area contributed by atoms with E-state index in [0.29, 0.717) is 31.3 Å². The zero-order valence-electron chi connectivity index (χ0n) is 9.37. The van der Waals surface area contributed by atoms with Gasteiger partial charge in [-0.1, -0.05) is 52.5 Å². The van der Waals surface area contributed by atoms with E-state index in [4.69, 9.17) is 46.4 Å². The lowest BCUT2D eigenvalue weighted by Gasteiger charge is -2.05. The first-order valence-corrected chi connectivity index (χ1v) is 6.63. The van der Waals surface area contributed by atoms with Crippen molar-refractivity contribution in [2.75, 3.05) is 5.43 Å². The van der Waals surface area contributed by atoms with Crippen LogP contribution >= 0.6 is 46.4 Å². The van der Waals surface area contributed by atoms with Crippen LogP contribution in [0.25, 0.3) is 0 Å². The summed E-state index contributed by atoms with van der Waals surface area (Å²) in [4.78, 5) is 3.84. The predicted octanol–water partition coefficient (Wildman–Crippen LogP) is 5.14. The number of nitrogens with zero attached hydrogens (tertiary/aromatic N) is 2. The molecule has 0 fully saturated rings. The molecule has 1 heterocycles. The summed E-state index contributed by atoms with van der Waals surface area (Å²) in [5.41, 5.74) is 3.81. The minimum atomic E-state index is 0.370. The Morgan fingerprint density at radius 1 is 0.947 bits per heavy atom. The molecule has 1 aromatic carbocycles. The molecule has 0 unspecified atom stereocenters. The fraction of sp³-hybridized carbons (Fsp3) is 0. The Hall–Kier alpha value is -1.00. The maximum absolute atomic E-state index is 6.01. The van der Waals surface area contributed by atoms with Crippen molar-refractivity contribution in [3.8, 4) is 0 Å². The molecule has 0 radical (unpaired) electrons. The lowest BCUT2D eigenvalue weighted by molar-refractivity contribution is 1.28. The van der Waals surface area contributed by atoms with Gasteiger partial charge < -0.3 is 0 Å². The van der Waals surface area contributed by atoms with Crippen molar-refractivity contribution in [2.24, 2.45) is 5.10 Å². The van der Waals surface area contributed by atoms with Gasteiger partial charge in [-0.25, -0.2) is 0 Å². The molecule has 0 saturated heterocycles. The number of halogens is 4. The van der Waals surface area contributed by atoms with Gasteiger partial charge in [0.15, 0.2) is 0 Å². The molecule has 0 spiro atoms. The largest absolute Gasteiger partial charge is 0.275 e. The summed E-state index contributed by atoms with van der Waals surface area (Å²) in [6.07, 6.45) is 4.43. The highest BCUT2D eigenvalue weighted by Gasteiger charge is 2.05. The highest BCUT2D eigenvalue weighted by Crippen LogP contribution is 2.28. The molecule has 1 aromatic heterocycles. The Labute approximate surface area is 130 Å². The summed E-state index contributed by atoms with van der Waals surface area (Å²) in [7, 11) is 0. The van der Waals surface area contributed by atoms with Gasteiger partial charge in [0.25, 0.3) is 0 Å². The Bertz CT molecular complexity index is 588. The molecular formula is C12H7Cl4N3. The molecule has 0 aliphatic heterocycles. The number of nitrogens with one attached hydrogen (secondary N) is 1. The van der Waals surface area contributed by atoms with E-state index in [1.165, 1.54) is 18.6 Å². The van der Waals surface area contributed by atoms with Crippen molar-refractivity contribution < 1.29 is 0 Å². The van der Waals surface area contributed by atoms with E-state index < -0.39 is 0 Å². The van der Waals surface area contributed by atoms with Gasteiger partial charge in [0.1, 0.15) is 0 Å².